The lowest BCUT2D eigenvalue weighted by atomic mass is 10.2. The first kappa shape index (κ1) is 15.1. The van der Waals surface area contributed by atoms with E-state index in [-0.39, 0.29) is 18.4 Å². The van der Waals surface area contributed by atoms with E-state index in [4.69, 9.17) is 5.73 Å². The summed E-state index contributed by atoms with van der Waals surface area (Å²) in [7, 11) is 0. The Balaban J connectivity index is 1.68. The van der Waals surface area contributed by atoms with Crippen LogP contribution in [0, 0.1) is 0 Å². The van der Waals surface area contributed by atoms with Gasteiger partial charge in [0.2, 0.25) is 5.91 Å². The van der Waals surface area contributed by atoms with E-state index in [2.05, 4.69) is 16.0 Å². The number of nitrogen functional groups attached to an aromatic ring is 1. The second-order valence-electron chi connectivity index (χ2n) is 4.54. The third kappa shape index (κ3) is 4.92. The lowest BCUT2D eigenvalue weighted by molar-refractivity contribution is -0.120. The van der Waals surface area contributed by atoms with Crippen molar-refractivity contribution in [3.63, 3.8) is 0 Å². The van der Waals surface area contributed by atoms with Gasteiger partial charge in [-0.05, 0) is 53.1 Å². The van der Waals surface area contributed by atoms with E-state index < -0.39 is 0 Å². The van der Waals surface area contributed by atoms with Gasteiger partial charge in [-0.15, -0.1) is 0 Å². The minimum Gasteiger partial charge on any atom is -0.399 e. The third-order valence-corrected chi connectivity index (χ3v) is 3.63. The van der Waals surface area contributed by atoms with Crippen molar-refractivity contribution in [1.82, 2.24) is 10.6 Å². The molecule has 2 rings (SSSR count). The Morgan fingerprint density at radius 1 is 1.10 bits per heavy atom. The SMILES string of the molecule is Nc1ccc(C(=O)NCC(=O)NCCc2ccsc2)cc1. The van der Waals surface area contributed by atoms with Crippen LogP contribution in [0.3, 0.4) is 0 Å². The van der Waals surface area contributed by atoms with E-state index >= 15 is 0 Å². The van der Waals surface area contributed by atoms with E-state index in [9.17, 15) is 9.59 Å². The maximum absolute atomic E-state index is 11.8. The van der Waals surface area contributed by atoms with Crippen molar-refractivity contribution < 1.29 is 9.59 Å². The summed E-state index contributed by atoms with van der Waals surface area (Å²) >= 11 is 1.63. The first-order valence-corrected chi connectivity index (χ1v) is 7.51. The molecule has 1 aromatic carbocycles. The van der Waals surface area contributed by atoms with Gasteiger partial charge in [-0.1, -0.05) is 0 Å². The number of carbonyl (C=O) groups excluding carboxylic acids is 2. The molecule has 21 heavy (non-hydrogen) atoms. The van der Waals surface area contributed by atoms with Crippen LogP contribution in [-0.4, -0.2) is 24.9 Å². The van der Waals surface area contributed by atoms with Crippen molar-refractivity contribution in [3.8, 4) is 0 Å². The summed E-state index contributed by atoms with van der Waals surface area (Å²) in [6.45, 7) is 0.528. The predicted molar refractivity (Wildman–Crippen MR) is 84.2 cm³/mol. The molecule has 0 aliphatic carbocycles. The van der Waals surface area contributed by atoms with Gasteiger partial charge in [0.05, 0.1) is 6.54 Å². The molecule has 0 aliphatic heterocycles. The Morgan fingerprint density at radius 3 is 2.52 bits per heavy atom. The summed E-state index contributed by atoms with van der Waals surface area (Å²) in [5.41, 5.74) is 7.83. The van der Waals surface area contributed by atoms with Gasteiger partial charge in [0.15, 0.2) is 0 Å². The Morgan fingerprint density at radius 2 is 1.86 bits per heavy atom. The molecule has 6 heteroatoms. The fourth-order valence-electron chi connectivity index (χ4n) is 1.74. The standard InChI is InChI=1S/C15H17N3O2S/c16-13-3-1-12(2-4-13)15(20)18-9-14(19)17-7-5-11-6-8-21-10-11/h1-4,6,8,10H,5,7,9,16H2,(H,17,19)(H,18,20). The van der Waals surface area contributed by atoms with Crippen LogP contribution in [0.1, 0.15) is 15.9 Å². The Bertz CT molecular complexity index is 594. The molecule has 0 radical (unpaired) electrons. The molecule has 0 bridgehead atoms. The molecule has 5 nitrogen and oxygen atoms in total. The van der Waals surface area contributed by atoms with Crippen molar-refractivity contribution in [2.75, 3.05) is 18.8 Å². The van der Waals surface area contributed by atoms with Crippen LogP contribution in [0.15, 0.2) is 41.1 Å². The fourth-order valence-corrected chi connectivity index (χ4v) is 2.44. The minimum absolute atomic E-state index is 0.0349. The fraction of sp³-hybridized carbons (Fsp3) is 0.200. The van der Waals surface area contributed by atoms with Crippen LogP contribution in [-0.2, 0) is 11.2 Å². The zero-order valence-electron chi connectivity index (χ0n) is 11.5. The molecule has 0 saturated heterocycles. The maximum atomic E-state index is 11.8. The van der Waals surface area contributed by atoms with Gasteiger partial charge in [0.25, 0.3) is 5.91 Å². The van der Waals surface area contributed by atoms with Crippen molar-refractivity contribution in [3.05, 3.63) is 52.2 Å². The number of hydrogen-bond donors (Lipinski definition) is 3. The van der Waals surface area contributed by atoms with E-state index in [1.54, 1.807) is 35.6 Å². The molecular weight excluding hydrogens is 286 g/mol. The molecule has 0 unspecified atom stereocenters. The summed E-state index contributed by atoms with van der Waals surface area (Å²) in [4.78, 5) is 23.4. The highest BCUT2D eigenvalue weighted by molar-refractivity contribution is 7.07. The largest absolute Gasteiger partial charge is 0.399 e. The molecule has 110 valence electrons. The minimum atomic E-state index is -0.289. The molecule has 0 spiro atoms. The number of carbonyl (C=O) groups is 2. The summed E-state index contributed by atoms with van der Waals surface area (Å²) in [5.74, 6) is -0.489. The van der Waals surface area contributed by atoms with Crippen LogP contribution in [0.5, 0.6) is 0 Å². The highest BCUT2D eigenvalue weighted by atomic mass is 32.1. The van der Waals surface area contributed by atoms with Crippen LogP contribution in [0.25, 0.3) is 0 Å². The number of nitrogens with one attached hydrogen (secondary N) is 2. The highest BCUT2D eigenvalue weighted by Gasteiger charge is 2.07. The number of amides is 2. The topological polar surface area (TPSA) is 84.2 Å². The smallest absolute Gasteiger partial charge is 0.251 e. The van der Waals surface area contributed by atoms with Gasteiger partial charge in [-0.25, -0.2) is 0 Å². The second-order valence-corrected chi connectivity index (χ2v) is 5.32. The van der Waals surface area contributed by atoms with E-state index in [0.717, 1.165) is 6.42 Å². The Hall–Kier alpha value is -2.34. The Kier molecular flexibility index (Phi) is 5.34. The van der Waals surface area contributed by atoms with Gasteiger partial charge >= 0.3 is 0 Å². The molecule has 0 aliphatic rings. The van der Waals surface area contributed by atoms with Gasteiger partial charge in [0, 0.05) is 17.8 Å². The molecule has 2 aromatic rings. The number of hydrogen-bond acceptors (Lipinski definition) is 4. The van der Waals surface area contributed by atoms with Crippen LogP contribution < -0.4 is 16.4 Å². The molecule has 1 heterocycles. The van der Waals surface area contributed by atoms with Gasteiger partial charge < -0.3 is 16.4 Å². The first-order valence-electron chi connectivity index (χ1n) is 6.56. The third-order valence-electron chi connectivity index (χ3n) is 2.90. The van der Waals surface area contributed by atoms with Crippen molar-refractivity contribution in [2.24, 2.45) is 0 Å². The normalized spacial score (nSPS) is 10.1. The Labute approximate surface area is 127 Å². The maximum Gasteiger partial charge on any atom is 0.251 e. The number of benzene rings is 1. The van der Waals surface area contributed by atoms with E-state index in [0.29, 0.717) is 17.8 Å². The lowest BCUT2D eigenvalue weighted by Gasteiger charge is -2.07. The van der Waals surface area contributed by atoms with E-state index in [1.165, 1.54) is 5.56 Å². The summed E-state index contributed by atoms with van der Waals surface area (Å²) in [6.07, 6.45) is 0.793. The van der Waals surface area contributed by atoms with Gasteiger partial charge in [-0.3, -0.25) is 9.59 Å². The van der Waals surface area contributed by atoms with Crippen LogP contribution >= 0.6 is 11.3 Å². The lowest BCUT2D eigenvalue weighted by Crippen LogP contribution is -2.37. The molecule has 0 atom stereocenters. The quantitative estimate of drug-likeness (QED) is 0.706. The zero-order valence-corrected chi connectivity index (χ0v) is 12.3. The van der Waals surface area contributed by atoms with Gasteiger partial charge in [-0.2, -0.15) is 11.3 Å². The van der Waals surface area contributed by atoms with Crippen molar-refractivity contribution in [2.45, 2.75) is 6.42 Å². The summed E-state index contributed by atoms with van der Waals surface area (Å²) < 4.78 is 0. The first-order chi connectivity index (χ1) is 10.1. The predicted octanol–water partition coefficient (Wildman–Crippen LogP) is 1.42. The number of thiophene rings is 1. The molecule has 2 amide bonds. The summed E-state index contributed by atoms with van der Waals surface area (Å²) in [5, 5.41) is 9.39. The average Bonchev–Trinajstić information content (AvgIpc) is 2.99. The molecule has 0 fully saturated rings. The van der Waals surface area contributed by atoms with Crippen LogP contribution in [0.4, 0.5) is 5.69 Å². The van der Waals surface area contributed by atoms with Crippen molar-refractivity contribution >= 4 is 28.8 Å². The average molecular weight is 303 g/mol. The van der Waals surface area contributed by atoms with Gasteiger partial charge in [0.1, 0.15) is 0 Å². The molecule has 4 N–H and O–H groups in total. The molecule has 1 aromatic heterocycles. The monoisotopic (exact) mass is 303 g/mol. The number of rotatable bonds is 6. The second kappa shape index (κ2) is 7.44. The van der Waals surface area contributed by atoms with Crippen LogP contribution in [0.2, 0.25) is 0 Å². The number of nitrogens with two attached hydrogens (primary N) is 1. The summed E-state index contributed by atoms with van der Waals surface area (Å²) in [6, 6.07) is 8.57. The highest BCUT2D eigenvalue weighted by Crippen LogP contribution is 2.06. The zero-order chi connectivity index (χ0) is 15.1. The molecule has 0 saturated carbocycles. The number of anilines is 1. The molecular formula is C15H17N3O2S. The van der Waals surface area contributed by atoms with Crippen molar-refractivity contribution in [1.29, 1.82) is 0 Å². The van der Waals surface area contributed by atoms with E-state index in [1.807, 2.05) is 11.4 Å².